The minimum atomic E-state index is 0.910. The van der Waals surface area contributed by atoms with Crippen LogP contribution in [0.1, 0.15) is 50.7 Å². The van der Waals surface area contributed by atoms with Gasteiger partial charge in [0.1, 0.15) is 5.76 Å². The number of aromatic nitrogens is 1. The summed E-state index contributed by atoms with van der Waals surface area (Å²) in [4.78, 5) is 4.23. The lowest BCUT2D eigenvalue weighted by Gasteiger charge is -1.96. The first kappa shape index (κ1) is 12.0. The summed E-state index contributed by atoms with van der Waals surface area (Å²) in [5.41, 5.74) is 0. The first-order valence-corrected chi connectivity index (χ1v) is 6.89. The van der Waals surface area contributed by atoms with Gasteiger partial charge in [0.2, 0.25) is 0 Å². The second-order valence-electron chi connectivity index (χ2n) is 3.52. The molecule has 0 unspecified atom stereocenters. The van der Waals surface area contributed by atoms with Crippen molar-refractivity contribution in [1.29, 1.82) is 0 Å². The van der Waals surface area contributed by atoms with Gasteiger partial charge in [0.05, 0.1) is 10.6 Å². The zero-order chi connectivity index (χ0) is 10.2. The molecule has 0 aliphatic rings. The lowest BCUT2D eigenvalue weighted by molar-refractivity contribution is 0.458. The third-order valence-corrected chi connectivity index (χ3v) is 2.98. The molecule has 1 rings (SSSR count). The molecule has 1 aromatic heterocycles. The highest BCUT2D eigenvalue weighted by molar-refractivity contribution is 14.1. The quantitative estimate of drug-likeness (QED) is 0.430. The largest absolute Gasteiger partial charge is 0.445 e. The number of aryl methyl sites for hydroxylation is 1. The number of rotatable bonds is 7. The molecule has 0 aromatic carbocycles. The van der Waals surface area contributed by atoms with Crippen molar-refractivity contribution in [2.45, 2.75) is 49.9 Å². The normalized spacial score (nSPS) is 10.7. The first-order valence-electron chi connectivity index (χ1n) is 5.36. The minimum Gasteiger partial charge on any atom is -0.445 e. The van der Waals surface area contributed by atoms with Crippen molar-refractivity contribution >= 4 is 22.6 Å². The van der Waals surface area contributed by atoms with Gasteiger partial charge < -0.3 is 4.42 Å². The summed E-state index contributed by atoms with van der Waals surface area (Å²) in [6.45, 7) is 2.24. The SMILES string of the molecule is CCCCCCCc1ncc(CI)o1. The summed E-state index contributed by atoms with van der Waals surface area (Å²) >= 11 is 2.29. The van der Waals surface area contributed by atoms with Gasteiger partial charge in [-0.15, -0.1) is 0 Å². The summed E-state index contributed by atoms with van der Waals surface area (Å²) < 4.78 is 6.44. The Bertz CT molecular complexity index is 247. The van der Waals surface area contributed by atoms with Crippen molar-refractivity contribution in [1.82, 2.24) is 4.98 Å². The monoisotopic (exact) mass is 307 g/mol. The van der Waals surface area contributed by atoms with E-state index in [1.165, 1.54) is 32.1 Å². The second-order valence-corrected chi connectivity index (χ2v) is 4.28. The van der Waals surface area contributed by atoms with E-state index in [-0.39, 0.29) is 0 Å². The van der Waals surface area contributed by atoms with Crippen molar-refractivity contribution in [2.75, 3.05) is 0 Å². The second kappa shape index (κ2) is 7.26. The molecule has 0 spiro atoms. The van der Waals surface area contributed by atoms with Gasteiger partial charge >= 0.3 is 0 Å². The number of nitrogens with zero attached hydrogens (tertiary/aromatic N) is 1. The van der Waals surface area contributed by atoms with Gasteiger partial charge in [-0.3, -0.25) is 0 Å². The lowest BCUT2D eigenvalue weighted by atomic mass is 10.1. The Balaban J connectivity index is 2.12. The Hall–Kier alpha value is -0.0600. The first-order chi connectivity index (χ1) is 6.86. The third kappa shape index (κ3) is 4.44. The maximum absolute atomic E-state index is 5.52. The molecule has 1 heterocycles. The Morgan fingerprint density at radius 3 is 2.71 bits per heavy atom. The number of halogens is 1. The minimum absolute atomic E-state index is 0.910. The molecule has 1 aromatic rings. The Morgan fingerprint density at radius 2 is 2.07 bits per heavy atom. The van der Waals surface area contributed by atoms with Gasteiger partial charge in [0.15, 0.2) is 5.89 Å². The molecule has 0 aliphatic carbocycles. The van der Waals surface area contributed by atoms with Crippen molar-refractivity contribution in [3.05, 3.63) is 17.8 Å². The van der Waals surface area contributed by atoms with Gasteiger partial charge in [0, 0.05) is 6.42 Å². The molecule has 0 radical (unpaired) electrons. The number of hydrogen-bond donors (Lipinski definition) is 0. The van der Waals surface area contributed by atoms with Gasteiger partial charge in [-0.1, -0.05) is 55.2 Å². The van der Waals surface area contributed by atoms with E-state index in [0.717, 1.165) is 22.5 Å². The Labute approximate surface area is 99.6 Å². The molecule has 0 fully saturated rings. The predicted molar refractivity (Wildman–Crippen MR) is 66.7 cm³/mol. The molecule has 2 nitrogen and oxygen atoms in total. The van der Waals surface area contributed by atoms with Crippen molar-refractivity contribution < 1.29 is 4.42 Å². The van der Waals surface area contributed by atoms with E-state index in [2.05, 4.69) is 34.5 Å². The number of oxazole rings is 1. The van der Waals surface area contributed by atoms with E-state index in [1.54, 1.807) is 0 Å². The van der Waals surface area contributed by atoms with Crippen LogP contribution in [0.3, 0.4) is 0 Å². The number of hydrogen-bond acceptors (Lipinski definition) is 2. The molecule has 0 N–H and O–H groups in total. The van der Waals surface area contributed by atoms with Crippen LogP contribution in [0.15, 0.2) is 10.6 Å². The highest BCUT2D eigenvalue weighted by Crippen LogP contribution is 2.11. The molecule has 14 heavy (non-hydrogen) atoms. The number of alkyl halides is 1. The summed E-state index contributed by atoms with van der Waals surface area (Å²) in [5.74, 6) is 1.90. The van der Waals surface area contributed by atoms with Crippen LogP contribution >= 0.6 is 22.6 Å². The van der Waals surface area contributed by atoms with E-state index < -0.39 is 0 Å². The molecule has 0 amide bonds. The van der Waals surface area contributed by atoms with Crippen LogP contribution in [0.2, 0.25) is 0 Å². The molecule has 3 heteroatoms. The van der Waals surface area contributed by atoms with Crippen LogP contribution in [0.4, 0.5) is 0 Å². The summed E-state index contributed by atoms with van der Waals surface area (Å²) in [5, 5.41) is 0. The zero-order valence-electron chi connectivity index (χ0n) is 8.76. The third-order valence-electron chi connectivity index (χ3n) is 2.23. The molecular weight excluding hydrogens is 289 g/mol. The van der Waals surface area contributed by atoms with Gasteiger partial charge in [0.25, 0.3) is 0 Å². The van der Waals surface area contributed by atoms with Crippen molar-refractivity contribution in [3.8, 4) is 0 Å². The van der Waals surface area contributed by atoms with Gasteiger partial charge in [-0.25, -0.2) is 4.98 Å². The molecule has 0 aliphatic heterocycles. The van der Waals surface area contributed by atoms with Crippen LogP contribution in [-0.2, 0) is 10.8 Å². The average Bonchev–Trinajstić information content (AvgIpc) is 2.65. The van der Waals surface area contributed by atoms with Crippen molar-refractivity contribution in [3.63, 3.8) is 0 Å². The zero-order valence-corrected chi connectivity index (χ0v) is 10.9. The summed E-state index contributed by atoms with van der Waals surface area (Å²) in [6.07, 6.45) is 9.35. The van der Waals surface area contributed by atoms with E-state index in [0.29, 0.717) is 0 Å². The van der Waals surface area contributed by atoms with Crippen LogP contribution in [0, 0.1) is 0 Å². The van der Waals surface area contributed by atoms with Gasteiger partial charge in [-0.05, 0) is 6.42 Å². The average molecular weight is 307 g/mol. The van der Waals surface area contributed by atoms with E-state index >= 15 is 0 Å². The number of unbranched alkanes of at least 4 members (excludes halogenated alkanes) is 4. The predicted octanol–water partition coefficient (Wildman–Crippen LogP) is 4.12. The van der Waals surface area contributed by atoms with Crippen molar-refractivity contribution in [2.24, 2.45) is 0 Å². The molecular formula is C11H18INO. The molecule has 0 bridgehead atoms. The smallest absolute Gasteiger partial charge is 0.194 e. The highest BCUT2D eigenvalue weighted by Gasteiger charge is 2.01. The maximum atomic E-state index is 5.52. The van der Waals surface area contributed by atoms with Crippen LogP contribution in [0.5, 0.6) is 0 Å². The fraction of sp³-hybridized carbons (Fsp3) is 0.727. The topological polar surface area (TPSA) is 26.0 Å². The van der Waals surface area contributed by atoms with Crippen LogP contribution in [0.25, 0.3) is 0 Å². The molecule has 0 atom stereocenters. The fourth-order valence-corrected chi connectivity index (χ4v) is 1.76. The molecule has 80 valence electrons. The Kier molecular flexibility index (Phi) is 6.23. The van der Waals surface area contributed by atoms with E-state index in [1.807, 2.05) is 6.20 Å². The van der Waals surface area contributed by atoms with Gasteiger partial charge in [-0.2, -0.15) is 0 Å². The maximum Gasteiger partial charge on any atom is 0.194 e. The van der Waals surface area contributed by atoms with E-state index in [9.17, 15) is 0 Å². The summed E-state index contributed by atoms with van der Waals surface area (Å²) in [6, 6.07) is 0. The fourth-order valence-electron chi connectivity index (χ4n) is 1.41. The van der Waals surface area contributed by atoms with E-state index in [4.69, 9.17) is 4.42 Å². The van der Waals surface area contributed by atoms with Crippen LogP contribution in [-0.4, -0.2) is 4.98 Å². The molecule has 0 saturated heterocycles. The lowest BCUT2D eigenvalue weighted by Crippen LogP contribution is -1.85. The Morgan fingerprint density at radius 1 is 1.29 bits per heavy atom. The molecule has 0 saturated carbocycles. The van der Waals surface area contributed by atoms with Crippen LogP contribution < -0.4 is 0 Å². The summed E-state index contributed by atoms with van der Waals surface area (Å²) in [7, 11) is 0. The standard InChI is InChI=1S/C11H18INO/c1-2-3-4-5-6-7-11-13-9-10(8-12)14-11/h9H,2-8H2,1H3. The highest BCUT2D eigenvalue weighted by atomic mass is 127.